The van der Waals surface area contributed by atoms with Gasteiger partial charge in [0.1, 0.15) is 11.9 Å². The standard InChI is InChI=1S/C26H39N5O6/c1-5-36-22(32)16-28-20(14-17(3)4)25(34)31-13-7-8-21(31)24(33)29-15-18-9-11-19(12-10-18)23(27)30-26(35)37-6-2/h9-12,17,20-21,28H,5-8,13-16H2,1-4H3,(H,29,33)(H2,27,30,35)/t20-,21+/m1/s1. The molecule has 1 aliphatic heterocycles. The Hall–Kier alpha value is -3.47. The van der Waals surface area contributed by atoms with Crippen molar-refractivity contribution < 1.29 is 28.7 Å². The van der Waals surface area contributed by atoms with E-state index in [1.807, 2.05) is 13.8 Å². The lowest BCUT2D eigenvalue weighted by Crippen LogP contribution is -2.53. The average molecular weight is 518 g/mol. The van der Waals surface area contributed by atoms with Gasteiger partial charge in [-0.3, -0.25) is 19.7 Å². The number of nitrogens with one attached hydrogen (secondary N) is 2. The van der Waals surface area contributed by atoms with Crippen LogP contribution in [-0.4, -0.2) is 73.0 Å². The Morgan fingerprint density at radius 2 is 1.78 bits per heavy atom. The Bertz CT molecular complexity index is 963. The Morgan fingerprint density at radius 1 is 1.11 bits per heavy atom. The molecule has 0 unspecified atom stereocenters. The van der Waals surface area contributed by atoms with E-state index in [0.717, 1.165) is 12.0 Å². The van der Waals surface area contributed by atoms with Crippen molar-refractivity contribution in [1.29, 1.82) is 0 Å². The van der Waals surface area contributed by atoms with Crippen molar-refractivity contribution in [2.24, 2.45) is 16.6 Å². The fraction of sp³-hybridized carbons (Fsp3) is 0.577. The van der Waals surface area contributed by atoms with Crippen LogP contribution in [0.2, 0.25) is 0 Å². The van der Waals surface area contributed by atoms with E-state index in [2.05, 4.69) is 15.6 Å². The Kier molecular flexibility index (Phi) is 12.0. The van der Waals surface area contributed by atoms with E-state index in [1.54, 1.807) is 43.0 Å². The lowest BCUT2D eigenvalue weighted by atomic mass is 10.0. The van der Waals surface area contributed by atoms with E-state index in [9.17, 15) is 19.2 Å². The molecule has 37 heavy (non-hydrogen) atoms. The van der Waals surface area contributed by atoms with Gasteiger partial charge in [-0.25, -0.2) is 4.79 Å². The molecule has 1 aromatic rings. The average Bonchev–Trinajstić information content (AvgIpc) is 3.35. The monoisotopic (exact) mass is 517 g/mol. The first-order valence-corrected chi connectivity index (χ1v) is 12.7. The SMILES string of the molecule is CCOC(=O)CN[C@H](CC(C)C)C(=O)N1CCC[C@H]1C(=O)NCc1ccc(C(N)=NC(=O)OCC)cc1. The van der Waals surface area contributed by atoms with E-state index in [-0.39, 0.29) is 49.9 Å². The lowest BCUT2D eigenvalue weighted by molar-refractivity contribution is -0.143. The maximum atomic E-state index is 13.3. The number of benzene rings is 1. The van der Waals surface area contributed by atoms with Crippen LogP contribution in [-0.2, 0) is 30.4 Å². The van der Waals surface area contributed by atoms with Crippen LogP contribution in [0.5, 0.6) is 0 Å². The van der Waals surface area contributed by atoms with Gasteiger partial charge in [0.25, 0.3) is 0 Å². The van der Waals surface area contributed by atoms with Crippen LogP contribution in [0.4, 0.5) is 4.79 Å². The second kappa shape index (κ2) is 14.9. The van der Waals surface area contributed by atoms with Crippen LogP contribution in [0.25, 0.3) is 0 Å². The number of likely N-dealkylation sites (tertiary alicyclic amines) is 1. The van der Waals surface area contributed by atoms with Crippen molar-refractivity contribution in [2.75, 3.05) is 26.3 Å². The number of carbonyl (C=O) groups is 4. The first-order valence-electron chi connectivity index (χ1n) is 12.7. The molecule has 1 fully saturated rings. The number of ether oxygens (including phenoxy) is 2. The second-order valence-corrected chi connectivity index (χ2v) is 9.17. The molecule has 1 heterocycles. The number of hydrogen-bond acceptors (Lipinski definition) is 7. The third-order valence-electron chi connectivity index (χ3n) is 5.84. The molecule has 0 bridgehead atoms. The molecule has 1 saturated heterocycles. The van der Waals surface area contributed by atoms with Crippen LogP contribution in [0, 0.1) is 5.92 Å². The predicted octanol–water partition coefficient (Wildman–Crippen LogP) is 1.72. The molecule has 3 amide bonds. The minimum Gasteiger partial charge on any atom is -0.465 e. The molecule has 0 aliphatic carbocycles. The molecule has 11 heteroatoms. The fourth-order valence-electron chi connectivity index (χ4n) is 4.08. The summed E-state index contributed by atoms with van der Waals surface area (Å²) in [5.41, 5.74) is 7.23. The van der Waals surface area contributed by atoms with Gasteiger partial charge in [-0.1, -0.05) is 38.1 Å². The predicted molar refractivity (Wildman–Crippen MR) is 139 cm³/mol. The van der Waals surface area contributed by atoms with Gasteiger partial charge in [0.2, 0.25) is 11.8 Å². The van der Waals surface area contributed by atoms with Gasteiger partial charge in [-0.15, -0.1) is 0 Å². The molecule has 11 nitrogen and oxygen atoms in total. The molecular weight excluding hydrogens is 478 g/mol. The quantitative estimate of drug-likeness (QED) is 0.215. The van der Waals surface area contributed by atoms with Crippen molar-refractivity contribution in [2.45, 2.75) is 65.6 Å². The maximum Gasteiger partial charge on any atom is 0.435 e. The van der Waals surface area contributed by atoms with Crippen molar-refractivity contribution in [3.05, 3.63) is 35.4 Å². The summed E-state index contributed by atoms with van der Waals surface area (Å²) < 4.78 is 9.72. The molecule has 0 spiro atoms. The topological polar surface area (TPSA) is 152 Å². The molecule has 0 aromatic heterocycles. The minimum atomic E-state index is -0.751. The second-order valence-electron chi connectivity index (χ2n) is 9.17. The smallest absolute Gasteiger partial charge is 0.435 e. The van der Waals surface area contributed by atoms with Crippen molar-refractivity contribution >= 4 is 29.7 Å². The van der Waals surface area contributed by atoms with Gasteiger partial charge in [0, 0.05) is 18.7 Å². The highest BCUT2D eigenvalue weighted by atomic mass is 16.5. The number of nitrogens with zero attached hydrogens (tertiary/aromatic N) is 2. The Balaban J connectivity index is 1.98. The summed E-state index contributed by atoms with van der Waals surface area (Å²) in [6.45, 7) is 8.59. The highest BCUT2D eigenvalue weighted by Crippen LogP contribution is 2.20. The van der Waals surface area contributed by atoms with Gasteiger partial charge in [0.05, 0.1) is 25.8 Å². The summed E-state index contributed by atoms with van der Waals surface area (Å²) in [4.78, 5) is 54.9. The number of nitrogens with two attached hydrogens (primary N) is 1. The summed E-state index contributed by atoms with van der Waals surface area (Å²) in [5.74, 6) is -0.567. The van der Waals surface area contributed by atoms with Gasteiger partial charge in [0.15, 0.2) is 0 Å². The van der Waals surface area contributed by atoms with Crippen LogP contribution in [0.15, 0.2) is 29.3 Å². The third kappa shape index (κ3) is 9.49. The zero-order chi connectivity index (χ0) is 27.4. The third-order valence-corrected chi connectivity index (χ3v) is 5.84. The van der Waals surface area contributed by atoms with Gasteiger partial charge < -0.3 is 25.4 Å². The summed E-state index contributed by atoms with van der Waals surface area (Å²) in [7, 11) is 0. The van der Waals surface area contributed by atoms with Gasteiger partial charge in [-0.05, 0) is 44.6 Å². The molecule has 1 aromatic carbocycles. The Morgan fingerprint density at radius 3 is 2.41 bits per heavy atom. The number of carbonyl (C=O) groups excluding carboxylic acids is 4. The maximum absolute atomic E-state index is 13.3. The van der Waals surface area contributed by atoms with Gasteiger partial charge >= 0.3 is 12.1 Å². The fourth-order valence-corrected chi connectivity index (χ4v) is 4.08. The minimum absolute atomic E-state index is 0.0432. The number of amidine groups is 1. The molecule has 204 valence electrons. The summed E-state index contributed by atoms with van der Waals surface area (Å²) >= 11 is 0. The van der Waals surface area contributed by atoms with Gasteiger partial charge in [-0.2, -0.15) is 4.99 Å². The highest BCUT2D eigenvalue weighted by Gasteiger charge is 2.37. The normalized spacial score (nSPS) is 16.4. The summed E-state index contributed by atoms with van der Waals surface area (Å²) in [5, 5.41) is 5.92. The molecule has 0 radical (unpaired) electrons. The van der Waals surface area contributed by atoms with Crippen molar-refractivity contribution in [3.8, 4) is 0 Å². The largest absolute Gasteiger partial charge is 0.465 e. The van der Waals surface area contributed by atoms with E-state index in [0.29, 0.717) is 24.9 Å². The molecule has 2 rings (SSSR count). The molecule has 4 N–H and O–H groups in total. The van der Waals surface area contributed by atoms with Crippen molar-refractivity contribution in [1.82, 2.24) is 15.5 Å². The molecule has 0 saturated carbocycles. The number of hydrogen-bond donors (Lipinski definition) is 3. The van der Waals surface area contributed by atoms with Crippen molar-refractivity contribution in [3.63, 3.8) is 0 Å². The van der Waals surface area contributed by atoms with E-state index in [4.69, 9.17) is 15.2 Å². The van der Waals surface area contributed by atoms with E-state index >= 15 is 0 Å². The molecule has 1 aliphatic rings. The lowest BCUT2D eigenvalue weighted by Gasteiger charge is -2.29. The number of amides is 3. The molecule has 2 atom stereocenters. The number of aliphatic imine (C=N–C) groups is 1. The zero-order valence-electron chi connectivity index (χ0n) is 22.1. The first-order chi connectivity index (χ1) is 17.7. The highest BCUT2D eigenvalue weighted by molar-refractivity contribution is 6.02. The zero-order valence-corrected chi connectivity index (χ0v) is 22.1. The number of rotatable bonds is 12. The van der Waals surface area contributed by atoms with Crippen LogP contribution in [0.1, 0.15) is 58.1 Å². The Labute approximate surface area is 218 Å². The molecular formula is C26H39N5O6. The summed E-state index contributed by atoms with van der Waals surface area (Å²) in [6.07, 6.45) is 1.09. The van der Waals surface area contributed by atoms with Crippen LogP contribution in [0.3, 0.4) is 0 Å². The van der Waals surface area contributed by atoms with Crippen LogP contribution >= 0.6 is 0 Å². The van der Waals surface area contributed by atoms with Crippen LogP contribution < -0.4 is 16.4 Å². The number of esters is 1. The van der Waals surface area contributed by atoms with E-state index in [1.165, 1.54) is 0 Å². The first kappa shape index (κ1) is 29.8. The summed E-state index contributed by atoms with van der Waals surface area (Å²) in [6, 6.07) is 5.82. The van der Waals surface area contributed by atoms with E-state index < -0.39 is 24.1 Å².